The van der Waals surface area contributed by atoms with Crippen LogP contribution >= 0.6 is 0 Å². The molecule has 1 atom stereocenters. The van der Waals surface area contributed by atoms with Gasteiger partial charge < -0.3 is 29.9 Å². The van der Waals surface area contributed by atoms with Crippen molar-refractivity contribution >= 4 is 29.1 Å². The maximum absolute atomic E-state index is 13.0. The predicted molar refractivity (Wildman–Crippen MR) is 117 cm³/mol. The van der Waals surface area contributed by atoms with E-state index in [-0.39, 0.29) is 41.5 Å². The molecule has 4 rings (SSSR count). The van der Waals surface area contributed by atoms with Crippen molar-refractivity contribution in [1.29, 1.82) is 0 Å². The van der Waals surface area contributed by atoms with E-state index in [1.54, 1.807) is 17.0 Å². The van der Waals surface area contributed by atoms with Crippen molar-refractivity contribution < 1.29 is 42.4 Å². The van der Waals surface area contributed by atoms with Crippen LogP contribution in [-0.4, -0.2) is 46.6 Å². The van der Waals surface area contributed by atoms with Gasteiger partial charge in [-0.2, -0.15) is 0 Å². The summed E-state index contributed by atoms with van der Waals surface area (Å²) in [5.41, 5.74) is 0.865. The molecule has 0 fully saturated rings. The number of para-hydroxylation sites is 1. The number of pyridine rings is 1. The summed E-state index contributed by atoms with van der Waals surface area (Å²) in [5.74, 6) is -2.05. The molecule has 1 unspecified atom stereocenters. The molecule has 0 radical (unpaired) electrons. The molecule has 1 amide bonds. The number of amides is 1. The van der Waals surface area contributed by atoms with Gasteiger partial charge >= 0.3 is 12.3 Å². The lowest BCUT2D eigenvalue weighted by Gasteiger charge is -2.32. The maximum atomic E-state index is 13.0. The molecule has 12 heteroatoms. The molecule has 3 aromatic rings. The van der Waals surface area contributed by atoms with Gasteiger partial charge in [-0.3, -0.25) is 4.79 Å². The summed E-state index contributed by atoms with van der Waals surface area (Å²) >= 11 is 0. The van der Waals surface area contributed by atoms with E-state index in [9.17, 15) is 33.0 Å². The second-order valence-electron chi connectivity index (χ2n) is 7.34. The summed E-state index contributed by atoms with van der Waals surface area (Å²) in [5, 5.41) is 21.9. The van der Waals surface area contributed by atoms with Crippen LogP contribution in [0, 0.1) is 0 Å². The smallest absolute Gasteiger partial charge is 0.489 e. The molecule has 0 spiro atoms. The number of aromatic nitrogens is 1. The Bertz CT molecular complexity index is 1250. The fourth-order valence-corrected chi connectivity index (χ4v) is 3.57. The van der Waals surface area contributed by atoms with E-state index < -0.39 is 30.1 Å². The van der Waals surface area contributed by atoms with Crippen LogP contribution in [0.3, 0.4) is 0 Å². The topological polar surface area (TPSA) is 121 Å². The third-order valence-corrected chi connectivity index (χ3v) is 5.04. The number of carboxylic acid groups (broad SMARTS) is 1. The van der Waals surface area contributed by atoms with E-state index in [1.807, 2.05) is 0 Å². The molecule has 1 aromatic heterocycles. The number of carbonyl (C=O) groups excluding carboxylic acids is 1. The molecule has 0 saturated carbocycles. The van der Waals surface area contributed by atoms with Crippen LogP contribution in [0.1, 0.15) is 22.0 Å². The van der Waals surface area contributed by atoms with Crippen molar-refractivity contribution in [1.82, 2.24) is 4.98 Å². The van der Waals surface area contributed by atoms with E-state index in [2.05, 4.69) is 15.0 Å². The fourth-order valence-electron chi connectivity index (χ4n) is 3.57. The first-order chi connectivity index (χ1) is 16.6. The quantitative estimate of drug-likeness (QED) is 0.477. The number of hydrogen-bond acceptors (Lipinski definition) is 7. The van der Waals surface area contributed by atoms with Crippen molar-refractivity contribution in [2.45, 2.75) is 12.5 Å². The summed E-state index contributed by atoms with van der Waals surface area (Å²) in [7, 11) is 0. The first-order valence-electron chi connectivity index (χ1n) is 10.2. The van der Waals surface area contributed by atoms with E-state index in [1.165, 1.54) is 36.5 Å². The van der Waals surface area contributed by atoms with Gasteiger partial charge in [-0.25, -0.2) is 9.78 Å². The number of benzene rings is 2. The first kappa shape index (κ1) is 23.8. The largest absolute Gasteiger partial charge is 0.573 e. The molecular formula is C23H18F3N3O6. The third kappa shape index (κ3) is 5.27. The zero-order valence-electron chi connectivity index (χ0n) is 17.8. The average Bonchev–Trinajstić information content (AvgIpc) is 2.83. The van der Waals surface area contributed by atoms with E-state index in [0.717, 1.165) is 12.1 Å². The molecular weight excluding hydrogens is 471 g/mol. The van der Waals surface area contributed by atoms with Gasteiger partial charge in [0.2, 0.25) is 0 Å². The third-order valence-electron chi connectivity index (χ3n) is 5.04. The Hall–Kier alpha value is -4.32. The molecule has 0 saturated heterocycles. The molecule has 3 N–H and O–H groups in total. The Kier molecular flexibility index (Phi) is 6.47. The van der Waals surface area contributed by atoms with Crippen LogP contribution in [0.4, 0.5) is 30.4 Å². The number of alkyl halides is 3. The van der Waals surface area contributed by atoms with Gasteiger partial charge in [-0.05, 0) is 42.5 Å². The number of hydrogen-bond donors (Lipinski definition) is 3. The van der Waals surface area contributed by atoms with Crippen LogP contribution in [0.25, 0.3) is 0 Å². The number of ether oxygens (including phenoxy) is 2. The Morgan fingerprint density at radius 3 is 2.54 bits per heavy atom. The van der Waals surface area contributed by atoms with Crippen molar-refractivity contribution in [2.75, 3.05) is 23.4 Å². The fraction of sp³-hybridized carbons (Fsp3) is 0.174. The Morgan fingerprint density at radius 1 is 1.11 bits per heavy atom. The lowest BCUT2D eigenvalue weighted by molar-refractivity contribution is -0.274. The van der Waals surface area contributed by atoms with Crippen LogP contribution in [-0.2, 0) is 4.79 Å². The summed E-state index contributed by atoms with van der Waals surface area (Å²) in [4.78, 5) is 30.2. The standard InChI is InChI=1S/C23H18F3N3O6/c24-23(25,26)35-14-8-6-13(7-9-14)28-21(31)16-3-1-5-17-19(16)34-12-11-29(17)20-15(4-2-10-27-20)18(30)22(32)33/h1-10,18,30H,11-12H2,(H,28,31)(H,32,33). The lowest BCUT2D eigenvalue weighted by Crippen LogP contribution is -2.32. The molecule has 9 nitrogen and oxygen atoms in total. The van der Waals surface area contributed by atoms with Gasteiger partial charge in [0.1, 0.15) is 18.2 Å². The Morgan fingerprint density at radius 2 is 1.86 bits per heavy atom. The predicted octanol–water partition coefficient (Wildman–Crippen LogP) is 3.88. The van der Waals surface area contributed by atoms with Gasteiger partial charge in [0.15, 0.2) is 11.9 Å². The van der Waals surface area contributed by atoms with Gasteiger partial charge in [-0.15, -0.1) is 13.2 Å². The van der Waals surface area contributed by atoms with E-state index in [4.69, 9.17) is 4.74 Å². The number of nitrogens with one attached hydrogen (secondary N) is 1. The monoisotopic (exact) mass is 489 g/mol. The number of aliphatic hydroxyl groups is 1. The second kappa shape index (κ2) is 9.50. The van der Waals surface area contributed by atoms with Crippen LogP contribution in [0.5, 0.6) is 11.5 Å². The molecule has 2 aromatic carbocycles. The molecule has 1 aliphatic rings. The molecule has 182 valence electrons. The number of aliphatic hydroxyl groups excluding tert-OH is 1. The van der Waals surface area contributed by atoms with Gasteiger partial charge in [0, 0.05) is 17.4 Å². The molecule has 2 heterocycles. The summed E-state index contributed by atoms with van der Waals surface area (Å²) < 4.78 is 46.6. The molecule has 0 bridgehead atoms. The van der Waals surface area contributed by atoms with Gasteiger partial charge in [-0.1, -0.05) is 12.1 Å². The van der Waals surface area contributed by atoms with Crippen LogP contribution < -0.4 is 19.7 Å². The second-order valence-corrected chi connectivity index (χ2v) is 7.34. The summed E-state index contributed by atoms with van der Waals surface area (Å²) in [6.07, 6.45) is -5.18. The molecule has 1 aliphatic heterocycles. The first-order valence-corrected chi connectivity index (χ1v) is 10.2. The highest BCUT2D eigenvalue weighted by molar-refractivity contribution is 6.07. The zero-order chi connectivity index (χ0) is 25.2. The van der Waals surface area contributed by atoms with Gasteiger partial charge in [0.25, 0.3) is 5.91 Å². The van der Waals surface area contributed by atoms with E-state index >= 15 is 0 Å². The highest BCUT2D eigenvalue weighted by atomic mass is 19.4. The minimum Gasteiger partial charge on any atom is -0.489 e. The number of rotatable bonds is 6. The number of nitrogens with zero attached hydrogens (tertiary/aromatic N) is 2. The number of fused-ring (bicyclic) bond motifs is 1. The Balaban J connectivity index is 1.61. The van der Waals surface area contributed by atoms with Gasteiger partial charge in [0.05, 0.1) is 17.8 Å². The highest BCUT2D eigenvalue weighted by Crippen LogP contribution is 2.40. The summed E-state index contributed by atoms with van der Waals surface area (Å²) in [6, 6.07) is 12.3. The number of aliphatic carboxylic acids is 1. The van der Waals surface area contributed by atoms with Crippen molar-refractivity contribution in [3.63, 3.8) is 0 Å². The lowest BCUT2D eigenvalue weighted by atomic mass is 10.1. The molecule has 35 heavy (non-hydrogen) atoms. The minimum atomic E-state index is -4.83. The normalized spacial score (nSPS) is 13.9. The van der Waals surface area contributed by atoms with E-state index in [0.29, 0.717) is 5.69 Å². The minimum absolute atomic E-state index is 0.0730. The average molecular weight is 489 g/mol. The Labute approximate surface area is 196 Å². The maximum Gasteiger partial charge on any atom is 0.573 e. The SMILES string of the molecule is O=C(Nc1ccc(OC(F)(F)F)cc1)c1cccc2c1OCCN2c1ncccc1C(O)C(=O)O. The highest BCUT2D eigenvalue weighted by Gasteiger charge is 2.31. The van der Waals surface area contributed by atoms with Crippen molar-refractivity contribution in [2.24, 2.45) is 0 Å². The number of halogens is 3. The zero-order valence-corrected chi connectivity index (χ0v) is 17.8. The number of anilines is 3. The molecule has 0 aliphatic carbocycles. The van der Waals surface area contributed by atoms with Crippen molar-refractivity contribution in [3.05, 3.63) is 71.9 Å². The number of carboxylic acids is 1. The summed E-state index contributed by atoms with van der Waals surface area (Å²) in [6.45, 7) is 0.412. The van der Waals surface area contributed by atoms with Crippen LogP contribution in [0.2, 0.25) is 0 Å². The van der Waals surface area contributed by atoms with Crippen molar-refractivity contribution in [3.8, 4) is 11.5 Å². The van der Waals surface area contributed by atoms with Crippen LogP contribution in [0.15, 0.2) is 60.8 Å². The number of carbonyl (C=O) groups is 2.